The normalized spacial score (nSPS) is 11.2. The number of benzene rings is 1. The third-order valence-corrected chi connectivity index (χ3v) is 2.47. The molecule has 0 bridgehead atoms. The number of nitrogens with one attached hydrogen (secondary N) is 1. The van der Waals surface area contributed by atoms with Gasteiger partial charge in [0.1, 0.15) is 5.82 Å². The Morgan fingerprint density at radius 3 is 3.12 bits per heavy atom. The molecular weight excluding hydrogens is 239 g/mol. The minimum Gasteiger partial charge on any atom is -0.250 e. The van der Waals surface area contributed by atoms with Crippen LogP contribution in [0.5, 0.6) is 0 Å². The van der Waals surface area contributed by atoms with Gasteiger partial charge in [-0.2, -0.15) is 14.9 Å². The molecule has 2 rings (SSSR count). The van der Waals surface area contributed by atoms with Crippen molar-refractivity contribution in [2.75, 3.05) is 0 Å². The zero-order valence-electron chi connectivity index (χ0n) is 9.22. The Morgan fingerprint density at radius 1 is 1.59 bits per heavy atom. The summed E-state index contributed by atoms with van der Waals surface area (Å²) in [4.78, 5) is 0. The molecule has 0 atom stereocenters. The van der Waals surface area contributed by atoms with Crippen LogP contribution < -0.4 is 0 Å². The van der Waals surface area contributed by atoms with Gasteiger partial charge in [-0.05, 0) is 29.9 Å². The van der Waals surface area contributed by atoms with Crippen LogP contribution in [-0.2, 0) is 6.42 Å². The Labute approximate surface area is 103 Å². The standard InChI is InChI=1S/C11H11FN4S/c1-2-10-14-15-11(17)16(10)13-7-8-4-3-5-9(12)6-8/h3-7H,2H2,1H3,(H,15,17)/b13-7+. The van der Waals surface area contributed by atoms with E-state index in [0.717, 1.165) is 5.82 Å². The van der Waals surface area contributed by atoms with Crippen molar-refractivity contribution >= 4 is 18.4 Å². The van der Waals surface area contributed by atoms with Gasteiger partial charge in [0.2, 0.25) is 4.77 Å². The Morgan fingerprint density at radius 2 is 2.41 bits per heavy atom. The summed E-state index contributed by atoms with van der Waals surface area (Å²) < 4.78 is 14.9. The lowest BCUT2D eigenvalue weighted by molar-refractivity contribution is 0.627. The molecule has 1 aromatic heterocycles. The van der Waals surface area contributed by atoms with Gasteiger partial charge < -0.3 is 0 Å². The molecule has 6 heteroatoms. The fourth-order valence-corrected chi connectivity index (χ4v) is 1.58. The summed E-state index contributed by atoms with van der Waals surface area (Å²) >= 11 is 5.04. The van der Waals surface area contributed by atoms with E-state index in [1.54, 1.807) is 18.3 Å². The number of halogens is 1. The summed E-state index contributed by atoms with van der Waals surface area (Å²) in [5.74, 6) is 0.447. The molecule has 1 aromatic carbocycles. The highest BCUT2D eigenvalue weighted by atomic mass is 32.1. The second kappa shape index (κ2) is 5.01. The van der Waals surface area contributed by atoms with Crippen molar-refractivity contribution in [1.82, 2.24) is 14.9 Å². The van der Waals surface area contributed by atoms with Crippen LogP contribution in [0.3, 0.4) is 0 Å². The lowest BCUT2D eigenvalue weighted by Gasteiger charge is -1.97. The predicted molar refractivity (Wildman–Crippen MR) is 66.2 cm³/mol. The minimum absolute atomic E-state index is 0.291. The molecule has 88 valence electrons. The molecule has 0 aliphatic rings. The average molecular weight is 250 g/mol. The predicted octanol–water partition coefficient (Wildman–Crippen LogP) is 2.52. The van der Waals surface area contributed by atoms with E-state index in [0.29, 0.717) is 16.8 Å². The third-order valence-electron chi connectivity index (χ3n) is 2.20. The molecule has 1 heterocycles. The molecule has 0 spiro atoms. The van der Waals surface area contributed by atoms with Gasteiger partial charge in [-0.25, -0.2) is 4.39 Å². The highest BCUT2D eigenvalue weighted by Crippen LogP contribution is 2.02. The molecule has 0 radical (unpaired) electrons. The summed E-state index contributed by atoms with van der Waals surface area (Å²) in [6.45, 7) is 1.96. The summed E-state index contributed by atoms with van der Waals surface area (Å²) in [5, 5.41) is 10.9. The molecule has 0 saturated heterocycles. The lowest BCUT2D eigenvalue weighted by atomic mass is 10.2. The second-order valence-electron chi connectivity index (χ2n) is 3.41. The highest BCUT2D eigenvalue weighted by Gasteiger charge is 2.01. The van der Waals surface area contributed by atoms with E-state index in [1.165, 1.54) is 16.8 Å². The monoisotopic (exact) mass is 250 g/mol. The van der Waals surface area contributed by atoms with Crippen LogP contribution >= 0.6 is 12.2 Å². The molecule has 0 aliphatic heterocycles. The zero-order valence-corrected chi connectivity index (χ0v) is 10.0. The number of hydrogen-bond donors (Lipinski definition) is 1. The van der Waals surface area contributed by atoms with Crippen molar-refractivity contribution in [1.29, 1.82) is 0 Å². The number of rotatable bonds is 3. The van der Waals surface area contributed by atoms with Gasteiger partial charge in [-0.3, -0.25) is 5.10 Å². The first-order valence-corrected chi connectivity index (χ1v) is 5.57. The van der Waals surface area contributed by atoms with Crippen LogP contribution in [0, 0.1) is 10.6 Å². The van der Waals surface area contributed by atoms with Gasteiger partial charge in [0.25, 0.3) is 0 Å². The zero-order chi connectivity index (χ0) is 12.3. The van der Waals surface area contributed by atoms with E-state index in [4.69, 9.17) is 12.2 Å². The van der Waals surface area contributed by atoms with Crippen LogP contribution in [0.1, 0.15) is 18.3 Å². The first kappa shape index (κ1) is 11.7. The first-order valence-electron chi connectivity index (χ1n) is 5.17. The maximum Gasteiger partial charge on any atom is 0.216 e. The topological polar surface area (TPSA) is 46.0 Å². The fraction of sp³-hybridized carbons (Fsp3) is 0.182. The molecular formula is C11H11FN4S. The number of aryl methyl sites for hydroxylation is 1. The Bertz CT molecular complexity index is 600. The van der Waals surface area contributed by atoms with Crippen molar-refractivity contribution in [2.24, 2.45) is 5.10 Å². The Balaban J connectivity index is 2.32. The summed E-state index contributed by atoms with van der Waals surface area (Å²) in [5.41, 5.74) is 0.676. The van der Waals surface area contributed by atoms with Crippen molar-refractivity contribution < 1.29 is 4.39 Å². The van der Waals surface area contributed by atoms with Gasteiger partial charge in [0, 0.05) is 6.42 Å². The molecule has 0 fully saturated rings. The smallest absolute Gasteiger partial charge is 0.216 e. The van der Waals surface area contributed by atoms with Crippen LogP contribution in [-0.4, -0.2) is 21.1 Å². The lowest BCUT2D eigenvalue weighted by Crippen LogP contribution is -1.97. The van der Waals surface area contributed by atoms with Crippen LogP contribution in [0.25, 0.3) is 0 Å². The van der Waals surface area contributed by atoms with E-state index < -0.39 is 0 Å². The number of nitrogens with zero attached hydrogens (tertiary/aromatic N) is 3. The van der Waals surface area contributed by atoms with Gasteiger partial charge in [0.05, 0.1) is 6.21 Å². The highest BCUT2D eigenvalue weighted by molar-refractivity contribution is 7.71. The molecule has 0 aliphatic carbocycles. The Hall–Kier alpha value is -1.82. The SMILES string of the molecule is CCc1n[nH]c(=S)n1/N=C/c1cccc(F)c1. The van der Waals surface area contributed by atoms with Gasteiger partial charge in [-0.1, -0.05) is 19.1 Å². The van der Waals surface area contributed by atoms with Crippen molar-refractivity contribution in [3.8, 4) is 0 Å². The van der Waals surface area contributed by atoms with Crippen LogP contribution in [0.2, 0.25) is 0 Å². The van der Waals surface area contributed by atoms with Gasteiger partial charge >= 0.3 is 0 Å². The minimum atomic E-state index is -0.291. The third kappa shape index (κ3) is 2.65. The maximum atomic E-state index is 13.0. The number of aromatic nitrogens is 3. The Kier molecular flexibility index (Phi) is 3.43. The molecule has 0 saturated carbocycles. The number of hydrogen-bond acceptors (Lipinski definition) is 3. The largest absolute Gasteiger partial charge is 0.250 e. The van der Waals surface area contributed by atoms with E-state index in [1.807, 2.05) is 6.92 Å². The van der Waals surface area contributed by atoms with Crippen molar-refractivity contribution in [3.63, 3.8) is 0 Å². The molecule has 0 unspecified atom stereocenters. The number of H-pyrrole nitrogens is 1. The van der Waals surface area contributed by atoms with Crippen molar-refractivity contribution in [2.45, 2.75) is 13.3 Å². The first-order chi connectivity index (χ1) is 8.20. The van der Waals surface area contributed by atoms with Gasteiger partial charge in [-0.15, -0.1) is 0 Å². The van der Waals surface area contributed by atoms with Crippen LogP contribution in [0.15, 0.2) is 29.4 Å². The second-order valence-corrected chi connectivity index (χ2v) is 3.80. The summed E-state index contributed by atoms with van der Waals surface area (Å²) in [6.07, 6.45) is 2.27. The van der Waals surface area contributed by atoms with E-state index in [2.05, 4.69) is 15.3 Å². The molecule has 0 amide bonds. The van der Waals surface area contributed by atoms with Crippen LogP contribution in [0.4, 0.5) is 4.39 Å². The molecule has 17 heavy (non-hydrogen) atoms. The molecule has 2 aromatic rings. The van der Waals surface area contributed by atoms with E-state index in [-0.39, 0.29) is 5.82 Å². The van der Waals surface area contributed by atoms with E-state index >= 15 is 0 Å². The molecule has 1 N–H and O–H groups in total. The fourth-order valence-electron chi connectivity index (χ4n) is 1.38. The molecule has 4 nitrogen and oxygen atoms in total. The van der Waals surface area contributed by atoms with Gasteiger partial charge in [0.15, 0.2) is 5.82 Å². The summed E-state index contributed by atoms with van der Waals surface area (Å²) in [6, 6.07) is 6.19. The number of aromatic amines is 1. The quantitative estimate of drug-likeness (QED) is 0.672. The average Bonchev–Trinajstić information content (AvgIpc) is 2.67. The summed E-state index contributed by atoms with van der Waals surface area (Å²) in [7, 11) is 0. The van der Waals surface area contributed by atoms with Crippen molar-refractivity contribution in [3.05, 3.63) is 46.2 Å². The van der Waals surface area contributed by atoms with E-state index in [9.17, 15) is 4.39 Å². The maximum absolute atomic E-state index is 13.0.